The number of aryl methyl sites for hydroxylation is 1. The van der Waals surface area contributed by atoms with Crippen molar-refractivity contribution in [1.82, 2.24) is 4.90 Å². The minimum atomic E-state index is -0.173. The quantitative estimate of drug-likeness (QED) is 0.785. The molecule has 5 nitrogen and oxygen atoms in total. The van der Waals surface area contributed by atoms with Crippen molar-refractivity contribution < 1.29 is 14.3 Å². The number of carbonyl (C=O) groups excluding carboxylic acids is 2. The number of nitrogens with zero attached hydrogens (tertiary/aromatic N) is 1. The van der Waals surface area contributed by atoms with Crippen LogP contribution in [0.2, 0.25) is 0 Å². The Hall–Kier alpha value is -2.82. The lowest BCUT2D eigenvalue weighted by molar-refractivity contribution is -0.128. The fourth-order valence-corrected chi connectivity index (χ4v) is 2.41. The van der Waals surface area contributed by atoms with Gasteiger partial charge in [-0.3, -0.25) is 9.59 Å². The van der Waals surface area contributed by atoms with Gasteiger partial charge in [0.1, 0.15) is 5.75 Å². The molecule has 0 spiro atoms. The van der Waals surface area contributed by atoms with Crippen molar-refractivity contribution in [2.75, 3.05) is 26.0 Å². The maximum absolute atomic E-state index is 12.4. The third kappa shape index (κ3) is 5.92. The van der Waals surface area contributed by atoms with Gasteiger partial charge in [0.25, 0.3) is 5.91 Å². The van der Waals surface area contributed by atoms with Gasteiger partial charge in [0.2, 0.25) is 5.91 Å². The predicted octanol–water partition coefficient (Wildman–Crippen LogP) is 3.75. The van der Waals surface area contributed by atoms with Gasteiger partial charge in [0.15, 0.2) is 0 Å². The summed E-state index contributed by atoms with van der Waals surface area (Å²) in [5, 5.41) is 2.90. The summed E-state index contributed by atoms with van der Waals surface area (Å²) in [7, 11) is 3.50. The van der Waals surface area contributed by atoms with E-state index in [9.17, 15) is 9.59 Å². The normalized spacial score (nSPS) is 10.3. The number of carbonyl (C=O) groups is 2. The molecule has 1 N–H and O–H groups in total. The van der Waals surface area contributed by atoms with E-state index in [2.05, 4.69) is 5.32 Å². The number of ether oxygens (including phenoxy) is 1. The first kappa shape index (κ1) is 19.5. The zero-order valence-corrected chi connectivity index (χ0v) is 15.6. The van der Waals surface area contributed by atoms with Gasteiger partial charge in [0, 0.05) is 31.8 Å². The van der Waals surface area contributed by atoms with Gasteiger partial charge in [0.05, 0.1) is 6.61 Å². The Morgan fingerprint density at radius 2 is 1.81 bits per heavy atom. The van der Waals surface area contributed by atoms with Gasteiger partial charge in [-0.05, 0) is 54.8 Å². The number of hydrogen-bond acceptors (Lipinski definition) is 3. The summed E-state index contributed by atoms with van der Waals surface area (Å²) in [6, 6.07) is 14.7. The molecule has 2 amide bonds. The van der Waals surface area contributed by atoms with Crippen LogP contribution in [0.25, 0.3) is 0 Å². The fourth-order valence-electron chi connectivity index (χ4n) is 2.41. The third-order valence-corrected chi connectivity index (χ3v) is 3.90. The Morgan fingerprint density at radius 1 is 1.08 bits per heavy atom. The van der Waals surface area contributed by atoms with E-state index in [0.717, 1.165) is 23.4 Å². The second-order valence-corrected chi connectivity index (χ2v) is 6.32. The van der Waals surface area contributed by atoms with Crippen LogP contribution in [0.15, 0.2) is 48.5 Å². The number of nitrogens with one attached hydrogen (secondary N) is 1. The Morgan fingerprint density at radius 3 is 2.46 bits per heavy atom. The topological polar surface area (TPSA) is 58.6 Å². The highest BCUT2D eigenvalue weighted by atomic mass is 16.5. The molecule has 0 saturated heterocycles. The zero-order chi connectivity index (χ0) is 18.9. The molecule has 5 heteroatoms. The van der Waals surface area contributed by atoms with Gasteiger partial charge < -0.3 is 15.0 Å². The van der Waals surface area contributed by atoms with E-state index in [1.165, 1.54) is 0 Å². The molecule has 0 saturated carbocycles. The molecule has 0 heterocycles. The number of anilines is 1. The van der Waals surface area contributed by atoms with Gasteiger partial charge in [-0.2, -0.15) is 0 Å². The van der Waals surface area contributed by atoms with Crippen molar-refractivity contribution in [3.63, 3.8) is 0 Å². The van der Waals surface area contributed by atoms with Gasteiger partial charge >= 0.3 is 0 Å². The number of hydrogen-bond donors (Lipinski definition) is 1. The molecule has 26 heavy (non-hydrogen) atoms. The lowest BCUT2D eigenvalue weighted by Gasteiger charge is -2.11. The average molecular weight is 354 g/mol. The molecule has 0 unspecified atom stereocenters. The Bertz CT molecular complexity index is 739. The largest absolute Gasteiger partial charge is 0.494 e. The molecule has 2 aromatic carbocycles. The van der Waals surface area contributed by atoms with Crippen molar-refractivity contribution in [3.8, 4) is 5.75 Å². The molecule has 138 valence electrons. The van der Waals surface area contributed by atoms with E-state index in [-0.39, 0.29) is 11.8 Å². The minimum absolute atomic E-state index is 0.0878. The summed E-state index contributed by atoms with van der Waals surface area (Å²) in [6.07, 6.45) is 2.03. The highest BCUT2D eigenvalue weighted by Gasteiger charge is 2.08. The van der Waals surface area contributed by atoms with E-state index in [1.807, 2.05) is 31.2 Å². The standard InChI is InChI=1S/C21H26N2O3/c1-4-14-26-19-11-9-17(10-12-19)21(25)22-18-7-5-6-16(15-18)8-13-20(24)23(2)3/h5-7,9-12,15H,4,8,13-14H2,1-3H3,(H,22,25). The molecule has 0 aromatic heterocycles. The van der Waals surface area contributed by atoms with Crippen molar-refractivity contribution >= 4 is 17.5 Å². The predicted molar refractivity (Wildman–Crippen MR) is 104 cm³/mol. The summed E-state index contributed by atoms with van der Waals surface area (Å²) in [5.74, 6) is 0.675. The summed E-state index contributed by atoms with van der Waals surface area (Å²) < 4.78 is 5.52. The van der Waals surface area contributed by atoms with Crippen molar-refractivity contribution in [1.29, 1.82) is 0 Å². The highest BCUT2D eigenvalue weighted by Crippen LogP contribution is 2.16. The van der Waals surface area contributed by atoms with Crippen LogP contribution in [-0.2, 0) is 11.2 Å². The van der Waals surface area contributed by atoms with Crippen molar-refractivity contribution in [2.24, 2.45) is 0 Å². The van der Waals surface area contributed by atoms with Crippen molar-refractivity contribution in [2.45, 2.75) is 26.2 Å². The second-order valence-electron chi connectivity index (χ2n) is 6.32. The van der Waals surface area contributed by atoms with Crippen molar-refractivity contribution in [3.05, 3.63) is 59.7 Å². The average Bonchev–Trinajstić information content (AvgIpc) is 2.65. The monoisotopic (exact) mass is 354 g/mol. The maximum atomic E-state index is 12.4. The van der Waals surface area contributed by atoms with Crippen LogP contribution in [0.5, 0.6) is 5.75 Å². The SMILES string of the molecule is CCCOc1ccc(C(=O)Nc2cccc(CCC(=O)N(C)C)c2)cc1. The Labute approximate surface area is 155 Å². The number of rotatable bonds is 8. The second kappa shape index (κ2) is 9.61. The van der Waals surface area contributed by atoms with Crippen LogP contribution < -0.4 is 10.1 Å². The van der Waals surface area contributed by atoms with E-state index in [0.29, 0.717) is 25.0 Å². The lowest BCUT2D eigenvalue weighted by Crippen LogP contribution is -2.21. The zero-order valence-electron chi connectivity index (χ0n) is 15.6. The van der Waals surface area contributed by atoms with E-state index in [1.54, 1.807) is 43.3 Å². The van der Waals surface area contributed by atoms with E-state index in [4.69, 9.17) is 4.74 Å². The van der Waals surface area contributed by atoms with Crippen LogP contribution in [0.1, 0.15) is 35.7 Å². The lowest BCUT2D eigenvalue weighted by atomic mass is 10.1. The molecule has 0 aliphatic heterocycles. The summed E-state index contributed by atoms with van der Waals surface area (Å²) in [5.41, 5.74) is 2.31. The fraction of sp³-hybridized carbons (Fsp3) is 0.333. The summed E-state index contributed by atoms with van der Waals surface area (Å²) >= 11 is 0. The molecule has 2 aromatic rings. The molecule has 2 rings (SSSR count). The number of benzene rings is 2. The van der Waals surface area contributed by atoms with Crippen LogP contribution in [0, 0.1) is 0 Å². The van der Waals surface area contributed by atoms with Crippen LogP contribution in [-0.4, -0.2) is 37.4 Å². The van der Waals surface area contributed by atoms with Crippen LogP contribution >= 0.6 is 0 Å². The molecule has 0 aliphatic rings. The first-order valence-corrected chi connectivity index (χ1v) is 8.83. The maximum Gasteiger partial charge on any atom is 0.255 e. The summed E-state index contributed by atoms with van der Waals surface area (Å²) in [6.45, 7) is 2.71. The van der Waals surface area contributed by atoms with Crippen LogP contribution in [0.4, 0.5) is 5.69 Å². The first-order chi connectivity index (χ1) is 12.5. The smallest absolute Gasteiger partial charge is 0.255 e. The molecule has 0 atom stereocenters. The Kier molecular flexibility index (Phi) is 7.21. The molecule has 0 aliphatic carbocycles. The molecule has 0 fully saturated rings. The summed E-state index contributed by atoms with van der Waals surface area (Å²) in [4.78, 5) is 25.7. The minimum Gasteiger partial charge on any atom is -0.494 e. The molecule has 0 radical (unpaired) electrons. The van der Waals surface area contributed by atoms with Crippen LogP contribution in [0.3, 0.4) is 0 Å². The molecular weight excluding hydrogens is 328 g/mol. The van der Waals surface area contributed by atoms with Gasteiger partial charge in [-0.1, -0.05) is 19.1 Å². The first-order valence-electron chi connectivity index (χ1n) is 8.83. The van der Waals surface area contributed by atoms with E-state index >= 15 is 0 Å². The highest BCUT2D eigenvalue weighted by molar-refractivity contribution is 6.04. The van der Waals surface area contributed by atoms with Gasteiger partial charge in [-0.25, -0.2) is 0 Å². The third-order valence-electron chi connectivity index (χ3n) is 3.90. The Balaban J connectivity index is 1.96. The number of amides is 2. The van der Waals surface area contributed by atoms with E-state index < -0.39 is 0 Å². The van der Waals surface area contributed by atoms with Gasteiger partial charge in [-0.15, -0.1) is 0 Å². The molecule has 0 bridgehead atoms. The molecular formula is C21H26N2O3.